The van der Waals surface area contributed by atoms with Crippen LogP contribution in [0.15, 0.2) is 29.4 Å². The van der Waals surface area contributed by atoms with Crippen LogP contribution in [0, 0.1) is 12.3 Å². The third-order valence-electron chi connectivity index (χ3n) is 4.25. The third kappa shape index (κ3) is 4.60. The molecular weight excluding hydrogens is 366 g/mol. The van der Waals surface area contributed by atoms with Crippen LogP contribution in [0.1, 0.15) is 0 Å². The number of nitrogens with one attached hydrogen (secondary N) is 1. The Morgan fingerprint density at radius 2 is 2.15 bits per heavy atom. The van der Waals surface area contributed by atoms with E-state index in [-0.39, 0.29) is 17.4 Å². The zero-order valence-electron chi connectivity index (χ0n) is 15.0. The number of hydrazone groups is 1. The predicted octanol–water partition coefficient (Wildman–Crippen LogP) is 1.23. The number of nitrogens with zero attached hydrogens (tertiary/aromatic N) is 4. The van der Waals surface area contributed by atoms with E-state index >= 15 is 0 Å². The van der Waals surface area contributed by atoms with E-state index in [1.807, 2.05) is 34.2 Å². The molecule has 1 saturated heterocycles. The Kier molecular flexibility index (Phi) is 5.98. The van der Waals surface area contributed by atoms with Crippen LogP contribution in [0.5, 0.6) is 0 Å². The van der Waals surface area contributed by atoms with Crippen LogP contribution in [-0.4, -0.2) is 68.6 Å². The monoisotopic (exact) mass is 387 g/mol. The largest absolute Gasteiger partial charge is 0.474 e. The number of hydrogen-bond acceptors (Lipinski definition) is 7. The van der Waals surface area contributed by atoms with Crippen molar-refractivity contribution in [1.82, 2.24) is 10.3 Å². The molecule has 0 bridgehead atoms. The van der Waals surface area contributed by atoms with Gasteiger partial charge in [0.05, 0.1) is 33.3 Å². The van der Waals surface area contributed by atoms with Crippen molar-refractivity contribution < 1.29 is 14.3 Å². The Labute approximate surface area is 163 Å². The van der Waals surface area contributed by atoms with Crippen molar-refractivity contribution in [3.05, 3.63) is 24.3 Å². The van der Waals surface area contributed by atoms with Crippen LogP contribution in [0.4, 0.5) is 16.2 Å². The molecule has 0 aromatic heterocycles. The molecule has 142 valence electrons. The lowest BCUT2D eigenvalue weighted by molar-refractivity contribution is 0.142. The van der Waals surface area contributed by atoms with E-state index in [4.69, 9.17) is 28.1 Å². The molecule has 0 spiro atoms. The van der Waals surface area contributed by atoms with Crippen molar-refractivity contribution in [3.8, 4) is 12.3 Å². The molecule has 1 aromatic rings. The average molecular weight is 387 g/mol. The van der Waals surface area contributed by atoms with E-state index in [2.05, 4.69) is 16.3 Å². The number of benzene rings is 1. The highest BCUT2D eigenvalue weighted by atomic mass is 32.1. The maximum absolute atomic E-state index is 12.1. The second kappa shape index (κ2) is 8.60. The summed E-state index contributed by atoms with van der Waals surface area (Å²) in [6.45, 7) is 2.92. The van der Waals surface area contributed by atoms with Gasteiger partial charge in [0, 0.05) is 17.9 Å². The molecule has 2 aliphatic heterocycles. The molecule has 27 heavy (non-hydrogen) atoms. The Hall–Kier alpha value is -2.99. The van der Waals surface area contributed by atoms with Gasteiger partial charge in [0.25, 0.3) is 5.17 Å². The molecule has 1 fully saturated rings. The van der Waals surface area contributed by atoms with Gasteiger partial charge in [0.15, 0.2) is 0 Å². The number of cyclic esters (lactones) is 1. The highest BCUT2D eigenvalue weighted by molar-refractivity contribution is 7.80. The van der Waals surface area contributed by atoms with E-state index in [0.29, 0.717) is 19.6 Å². The Morgan fingerprint density at radius 1 is 1.41 bits per heavy atom. The summed E-state index contributed by atoms with van der Waals surface area (Å²) < 4.78 is 10.2. The number of hydrogen-bond donors (Lipinski definition) is 1. The number of carbonyl (C=O) groups excluding carboxylic acids is 1. The van der Waals surface area contributed by atoms with E-state index < -0.39 is 0 Å². The first-order valence-corrected chi connectivity index (χ1v) is 8.90. The molecule has 1 N–H and O–H groups in total. The van der Waals surface area contributed by atoms with E-state index in [1.54, 1.807) is 11.2 Å². The van der Waals surface area contributed by atoms with Gasteiger partial charge in [-0.1, -0.05) is 5.92 Å². The number of terminal acetylenes is 1. The minimum Gasteiger partial charge on any atom is -0.474 e. The zero-order chi connectivity index (χ0) is 19.2. The smallest absolute Gasteiger partial charge is 0.414 e. The average Bonchev–Trinajstić information content (AvgIpc) is 3.08. The molecule has 2 aliphatic rings. The molecule has 2 heterocycles. The summed E-state index contributed by atoms with van der Waals surface area (Å²) in [4.78, 5) is 15.8. The maximum atomic E-state index is 12.1. The number of anilines is 2. The van der Waals surface area contributed by atoms with Crippen LogP contribution in [0.3, 0.4) is 0 Å². The summed E-state index contributed by atoms with van der Waals surface area (Å²) in [5.74, 6) is 2.58. The summed E-state index contributed by atoms with van der Waals surface area (Å²) in [6.07, 6.45) is 6.41. The Morgan fingerprint density at radius 3 is 2.78 bits per heavy atom. The van der Waals surface area contributed by atoms with Gasteiger partial charge in [-0.15, -0.1) is 6.42 Å². The van der Waals surface area contributed by atoms with Gasteiger partial charge >= 0.3 is 6.09 Å². The van der Waals surface area contributed by atoms with Gasteiger partial charge in [-0.3, -0.25) is 9.91 Å². The summed E-state index contributed by atoms with van der Waals surface area (Å²) in [5.41, 5.74) is 1.78. The van der Waals surface area contributed by atoms with Crippen LogP contribution in [0.25, 0.3) is 0 Å². The fourth-order valence-corrected chi connectivity index (χ4v) is 2.91. The quantitative estimate of drug-likeness (QED) is 0.602. The van der Waals surface area contributed by atoms with E-state index in [1.165, 1.54) is 7.11 Å². The lowest BCUT2D eigenvalue weighted by Gasteiger charge is -2.29. The lowest BCUT2D eigenvalue weighted by atomic mass is 10.2. The maximum Gasteiger partial charge on any atom is 0.414 e. The van der Waals surface area contributed by atoms with Crippen LogP contribution < -0.4 is 15.1 Å². The minimum absolute atomic E-state index is 0.276. The van der Waals surface area contributed by atoms with Crippen LogP contribution >= 0.6 is 12.2 Å². The minimum atomic E-state index is -0.373. The fraction of sp³-hybridized carbons (Fsp3) is 0.389. The Balaban J connectivity index is 1.59. The normalized spacial score (nSPS) is 18.9. The summed E-state index contributed by atoms with van der Waals surface area (Å²) in [6, 6.07) is 7.70. The van der Waals surface area contributed by atoms with Gasteiger partial charge in [0.2, 0.25) is 0 Å². The fourth-order valence-electron chi connectivity index (χ4n) is 2.83. The molecule has 9 heteroatoms. The molecule has 0 aliphatic carbocycles. The van der Waals surface area contributed by atoms with Crippen LogP contribution in [0.2, 0.25) is 0 Å². The summed E-state index contributed by atoms with van der Waals surface area (Å²) in [7, 11) is 1.49. The number of rotatable bonds is 5. The number of amides is 1. The molecule has 3 rings (SSSR count). The summed E-state index contributed by atoms with van der Waals surface area (Å²) >= 11 is 4.93. The molecule has 0 unspecified atom stereocenters. The van der Waals surface area contributed by atoms with Crippen LogP contribution in [-0.2, 0) is 9.47 Å². The topological polar surface area (TPSA) is 69.6 Å². The molecule has 1 aromatic carbocycles. The first-order valence-electron chi connectivity index (χ1n) is 8.50. The second-order valence-corrected chi connectivity index (χ2v) is 6.39. The number of methoxy groups -OCH3 is 1. The van der Waals surface area contributed by atoms with Gasteiger partial charge in [-0.05, 0) is 36.5 Å². The number of carbonyl (C=O) groups is 1. The van der Waals surface area contributed by atoms with Crippen molar-refractivity contribution in [3.63, 3.8) is 0 Å². The molecular formula is C18H21N5O3S. The number of thiocarbonyl (C=S) groups is 1. The first kappa shape index (κ1) is 18.8. The highest BCUT2D eigenvalue weighted by Gasteiger charge is 2.32. The standard InChI is InChI=1S/C18H21N5O3S/c1-3-8-22-10-9-21(13-20-22)14-4-6-15(7-5-14)23-12-16(26-18(23)24)11-19-17(27)25-2/h1,4-7,13,16H,8-12H2,2H3,(H,19,27)/t16-/m0/s1. The van der Waals surface area contributed by atoms with Crippen molar-refractivity contribution >= 4 is 41.2 Å². The van der Waals surface area contributed by atoms with Crippen molar-refractivity contribution in [1.29, 1.82) is 0 Å². The molecule has 0 radical (unpaired) electrons. The van der Waals surface area contributed by atoms with Crippen molar-refractivity contribution in [2.24, 2.45) is 5.10 Å². The number of ether oxygens (including phenoxy) is 2. The second-order valence-electron chi connectivity index (χ2n) is 6.02. The first-order chi connectivity index (χ1) is 13.1. The highest BCUT2D eigenvalue weighted by Crippen LogP contribution is 2.25. The van der Waals surface area contributed by atoms with Gasteiger partial charge in [0.1, 0.15) is 12.4 Å². The van der Waals surface area contributed by atoms with Crippen molar-refractivity contribution in [2.45, 2.75) is 6.10 Å². The lowest BCUT2D eigenvalue weighted by Crippen LogP contribution is -2.38. The van der Waals surface area contributed by atoms with E-state index in [0.717, 1.165) is 24.5 Å². The molecule has 1 atom stereocenters. The zero-order valence-corrected chi connectivity index (χ0v) is 15.8. The Bertz CT molecular complexity index is 761. The van der Waals surface area contributed by atoms with Gasteiger partial charge < -0.3 is 19.7 Å². The van der Waals surface area contributed by atoms with Gasteiger partial charge in [-0.2, -0.15) is 5.10 Å². The SMILES string of the molecule is C#CCN1CCN(c2ccc(N3C[C@H](CNC(=S)OC)OC3=O)cc2)C=N1. The van der Waals surface area contributed by atoms with E-state index in [9.17, 15) is 4.79 Å². The third-order valence-corrected chi connectivity index (χ3v) is 4.56. The predicted molar refractivity (Wildman–Crippen MR) is 108 cm³/mol. The molecule has 0 saturated carbocycles. The van der Waals surface area contributed by atoms with Crippen molar-refractivity contribution in [2.75, 3.05) is 49.6 Å². The van der Waals surface area contributed by atoms with Gasteiger partial charge in [-0.25, -0.2) is 4.79 Å². The summed E-state index contributed by atoms with van der Waals surface area (Å²) in [5, 5.41) is 9.34. The molecule has 8 nitrogen and oxygen atoms in total. The molecule has 1 amide bonds.